The van der Waals surface area contributed by atoms with Gasteiger partial charge in [-0.1, -0.05) is 12.8 Å². The van der Waals surface area contributed by atoms with Gasteiger partial charge in [0.1, 0.15) is 0 Å². The molecule has 23 heavy (non-hydrogen) atoms. The van der Waals surface area contributed by atoms with Gasteiger partial charge in [0.25, 0.3) is 0 Å². The molecule has 1 amide bonds. The Kier molecular flexibility index (Phi) is 5.23. The van der Waals surface area contributed by atoms with Crippen molar-refractivity contribution in [2.75, 3.05) is 26.7 Å². The fraction of sp³-hybridized carbons (Fsp3) is 0.706. The van der Waals surface area contributed by atoms with Gasteiger partial charge in [-0.2, -0.15) is 0 Å². The van der Waals surface area contributed by atoms with Gasteiger partial charge < -0.3 is 10.0 Å². The Morgan fingerprint density at radius 2 is 2.13 bits per heavy atom. The Labute approximate surface area is 137 Å². The van der Waals surface area contributed by atoms with Crippen LogP contribution in [0.15, 0.2) is 18.6 Å². The molecule has 0 spiro atoms. The Hall–Kier alpha value is -1.53. The van der Waals surface area contributed by atoms with Crippen molar-refractivity contribution in [3.05, 3.63) is 24.3 Å². The molecule has 2 atom stereocenters. The fourth-order valence-electron chi connectivity index (χ4n) is 3.75. The summed E-state index contributed by atoms with van der Waals surface area (Å²) in [4.78, 5) is 24.8. The normalized spacial score (nSPS) is 25.4. The molecule has 3 rings (SSSR count). The summed E-state index contributed by atoms with van der Waals surface area (Å²) < 4.78 is 0. The minimum Gasteiger partial charge on any atom is -0.391 e. The van der Waals surface area contributed by atoms with Crippen molar-refractivity contribution in [2.45, 2.75) is 44.2 Å². The predicted octanol–water partition coefficient (Wildman–Crippen LogP) is 0.713. The summed E-state index contributed by atoms with van der Waals surface area (Å²) >= 11 is 0. The molecule has 1 aliphatic carbocycles. The molecule has 2 fully saturated rings. The van der Waals surface area contributed by atoms with Gasteiger partial charge in [0, 0.05) is 43.6 Å². The molecule has 1 N–H and O–H groups in total. The third-order valence-electron chi connectivity index (χ3n) is 5.18. The van der Waals surface area contributed by atoms with Crippen molar-refractivity contribution >= 4 is 5.91 Å². The second-order valence-electron chi connectivity index (χ2n) is 6.88. The van der Waals surface area contributed by atoms with Gasteiger partial charge in [-0.3, -0.25) is 19.7 Å². The molecule has 2 heterocycles. The number of β-amino-alcohol motifs (C(OH)–C–C–N with tert-alkyl or cyclic N) is 1. The van der Waals surface area contributed by atoms with Crippen LogP contribution in [0.3, 0.4) is 0 Å². The van der Waals surface area contributed by atoms with E-state index in [4.69, 9.17) is 0 Å². The third kappa shape index (κ3) is 4.06. The van der Waals surface area contributed by atoms with Gasteiger partial charge in [-0.25, -0.2) is 0 Å². The van der Waals surface area contributed by atoms with E-state index in [-0.39, 0.29) is 11.8 Å². The number of hydrogen-bond acceptors (Lipinski definition) is 5. The lowest BCUT2D eigenvalue weighted by Crippen LogP contribution is -2.41. The van der Waals surface area contributed by atoms with Crippen molar-refractivity contribution in [1.82, 2.24) is 19.8 Å². The smallest absolute Gasteiger partial charge is 0.236 e. The van der Waals surface area contributed by atoms with E-state index in [0.717, 1.165) is 5.69 Å². The summed E-state index contributed by atoms with van der Waals surface area (Å²) in [5.41, 5.74) is 0.869. The molecule has 0 aromatic carbocycles. The number of aromatic nitrogens is 2. The maximum absolute atomic E-state index is 12.5. The van der Waals surface area contributed by atoms with Gasteiger partial charge in [-0.05, 0) is 26.3 Å². The SMILES string of the molecule is CN(CC(=O)N1C[C@@H](Cc2cnccn2)[C@H](O)C1)C1CCCC1. The van der Waals surface area contributed by atoms with Gasteiger partial charge in [0.2, 0.25) is 5.91 Å². The summed E-state index contributed by atoms with van der Waals surface area (Å²) in [6, 6.07) is 0.543. The quantitative estimate of drug-likeness (QED) is 0.866. The van der Waals surface area contributed by atoms with E-state index in [1.165, 1.54) is 25.7 Å². The molecule has 6 nitrogen and oxygen atoms in total. The maximum atomic E-state index is 12.5. The Balaban J connectivity index is 1.52. The first-order valence-electron chi connectivity index (χ1n) is 8.54. The highest BCUT2D eigenvalue weighted by atomic mass is 16.3. The van der Waals surface area contributed by atoms with E-state index in [9.17, 15) is 9.90 Å². The maximum Gasteiger partial charge on any atom is 0.236 e. The average molecular weight is 318 g/mol. The van der Waals surface area contributed by atoms with Crippen molar-refractivity contribution in [2.24, 2.45) is 5.92 Å². The van der Waals surface area contributed by atoms with Crippen LogP contribution in [0, 0.1) is 5.92 Å². The summed E-state index contributed by atoms with van der Waals surface area (Å²) in [6.45, 7) is 1.49. The highest BCUT2D eigenvalue weighted by molar-refractivity contribution is 5.78. The lowest BCUT2D eigenvalue weighted by Gasteiger charge is -2.26. The molecule has 2 aliphatic rings. The van der Waals surface area contributed by atoms with Gasteiger partial charge in [0.15, 0.2) is 0 Å². The lowest BCUT2D eigenvalue weighted by atomic mass is 10.0. The molecule has 1 aromatic heterocycles. The zero-order valence-corrected chi connectivity index (χ0v) is 13.8. The van der Waals surface area contributed by atoms with Crippen LogP contribution in [0.5, 0.6) is 0 Å². The minimum absolute atomic E-state index is 0.0486. The Morgan fingerprint density at radius 3 is 2.83 bits per heavy atom. The zero-order valence-electron chi connectivity index (χ0n) is 13.8. The highest BCUT2D eigenvalue weighted by Gasteiger charge is 2.35. The Bertz CT molecular complexity index is 519. The van der Waals surface area contributed by atoms with Crippen molar-refractivity contribution < 1.29 is 9.90 Å². The molecule has 1 saturated heterocycles. The van der Waals surface area contributed by atoms with Crippen LogP contribution in [-0.2, 0) is 11.2 Å². The largest absolute Gasteiger partial charge is 0.391 e. The first kappa shape index (κ1) is 16.3. The molecule has 6 heteroatoms. The van der Waals surface area contributed by atoms with E-state index in [2.05, 4.69) is 14.9 Å². The number of carbonyl (C=O) groups excluding carboxylic acids is 1. The number of amides is 1. The van der Waals surface area contributed by atoms with Crippen LogP contribution in [0.25, 0.3) is 0 Å². The average Bonchev–Trinajstić information content (AvgIpc) is 3.19. The monoisotopic (exact) mass is 318 g/mol. The number of aliphatic hydroxyl groups is 1. The molecule has 0 radical (unpaired) electrons. The number of likely N-dealkylation sites (N-methyl/N-ethyl adjacent to an activating group) is 1. The predicted molar refractivity (Wildman–Crippen MR) is 86.7 cm³/mol. The molecule has 0 unspecified atom stereocenters. The van der Waals surface area contributed by atoms with Gasteiger partial charge in [-0.15, -0.1) is 0 Å². The molecule has 1 aromatic rings. The number of likely N-dealkylation sites (tertiary alicyclic amines) is 1. The summed E-state index contributed by atoms with van der Waals surface area (Å²) in [6.07, 6.45) is 10.2. The van der Waals surface area contributed by atoms with Gasteiger partial charge in [0.05, 0.1) is 18.3 Å². The number of carbonyl (C=O) groups is 1. The summed E-state index contributed by atoms with van der Waals surface area (Å²) in [5.74, 6) is 0.174. The van der Waals surface area contributed by atoms with Crippen LogP contribution < -0.4 is 0 Å². The van der Waals surface area contributed by atoms with E-state index < -0.39 is 6.10 Å². The van der Waals surface area contributed by atoms with Crippen LogP contribution >= 0.6 is 0 Å². The molecule has 126 valence electrons. The first-order chi connectivity index (χ1) is 11.1. The topological polar surface area (TPSA) is 69.6 Å². The zero-order chi connectivity index (χ0) is 16.2. The van der Waals surface area contributed by atoms with Crippen LogP contribution in [0.4, 0.5) is 0 Å². The number of aliphatic hydroxyl groups excluding tert-OH is 1. The van der Waals surface area contributed by atoms with Crippen LogP contribution in [0.1, 0.15) is 31.4 Å². The van der Waals surface area contributed by atoms with Crippen LogP contribution in [-0.4, -0.2) is 69.6 Å². The van der Waals surface area contributed by atoms with Crippen molar-refractivity contribution in [3.8, 4) is 0 Å². The van der Waals surface area contributed by atoms with E-state index in [0.29, 0.717) is 32.1 Å². The molecule has 1 aliphatic heterocycles. The molecular weight excluding hydrogens is 292 g/mol. The second-order valence-corrected chi connectivity index (χ2v) is 6.88. The third-order valence-corrected chi connectivity index (χ3v) is 5.18. The van der Waals surface area contributed by atoms with Gasteiger partial charge >= 0.3 is 0 Å². The second kappa shape index (κ2) is 7.36. The van der Waals surface area contributed by atoms with E-state index >= 15 is 0 Å². The molecule has 1 saturated carbocycles. The van der Waals surface area contributed by atoms with E-state index in [1.54, 1.807) is 23.5 Å². The standard InChI is InChI=1S/C17H26N4O2/c1-20(15-4-2-3-5-15)12-17(23)21-10-13(16(22)11-21)8-14-9-18-6-7-19-14/h6-7,9,13,15-16,22H,2-5,8,10-12H2,1H3/t13-,16-/m1/s1. The fourth-order valence-corrected chi connectivity index (χ4v) is 3.75. The van der Waals surface area contributed by atoms with Crippen molar-refractivity contribution in [3.63, 3.8) is 0 Å². The summed E-state index contributed by atoms with van der Waals surface area (Å²) in [5, 5.41) is 10.3. The van der Waals surface area contributed by atoms with Crippen LogP contribution in [0.2, 0.25) is 0 Å². The minimum atomic E-state index is -0.474. The highest BCUT2D eigenvalue weighted by Crippen LogP contribution is 2.24. The number of hydrogen-bond donors (Lipinski definition) is 1. The number of nitrogens with zero attached hydrogens (tertiary/aromatic N) is 4. The van der Waals surface area contributed by atoms with Crippen molar-refractivity contribution in [1.29, 1.82) is 0 Å². The molecule has 0 bridgehead atoms. The molecular formula is C17H26N4O2. The Morgan fingerprint density at radius 1 is 1.35 bits per heavy atom. The number of rotatable bonds is 5. The lowest BCUT2D eigenvalue weighted by molar-refractivity contribution is -0.132. The summed E-state index contributed by atoms with van der Waals surface area (Å²) in [7, 11) is 2.04. The van der Waals surface area contributed by atoms with E-state index in [1.807, 2.05) is 7.05 Å². The first-order valence-corrected chi connectivity index (χ1v) is 8.54.